The first-order valence-corrected chi connectivity index (χ1v) is 4.75. The van der Waals surface area contributed by atoms with Crippen LogP contribution in [0.4, 0.5) is 0 Å². The van der Waals surface area contributed by atoms with Crippen LogP contribution in [0.25, 0.3) is 0 Å². The van der Waals surface area contributed by atoms with E-state index in [-0.39, 0.29) is 18.5 Å². The molecule has 1 rings (SSSR count). The lowest BCUT2D eigenvalue weighted by Gasteiger charge is -2.16. The highest BCUT2D eigenvalue weighted by Crippen LogP contribution is 2.02. The Hall–Kier alpha value is -1.76. The first-order chi connectivity index (χ1) is 7.24. The summed E-state index contributed by atoms with van der Waals surface area (Å²) in [4.78, 5) is 15.4. The second-order valence-electron chi connectivity index (χ2n) is 3.26. The highest BCUT2D eigenvalue weighted by molar-refractivity contribution is 5.74. The van der Waals surface area contributed by atoms with Crippen LogP contribution < -0.4 is 5.32 Å². The Morgan fingerprint density at radius 1 is 1.87 bits per heavy atom. The van der Waals surface area contributed by atoms with Gasteiger partial charge in [-0.05, 0) is 18.6 Å². The lowest BCUT2D eigenvalue weighted by Crippen LogP contribution is -2.35. The van der Waals surface area contributed by atoms with Crippen LogP contribution in [0.3, 0.4) is 0 Å². The van der Waals surface area contributed by atoms with Gasteiger partial charge in [0.15, 0.2) is 0 Å². The van der Waals surface area contributed by atoms with Gasteiger partial charge in [-0.3, -0.25) is 9.79 Å². The smallest absolute Gasteiger partial charge is 0.312 e. The van der Waals surface area contributed by atoms with E-state index in [1.54, 1.807) is 19.3 Å². The molecule has 80 valence electrons. The summed E-state index contributed by atoms with van der Waals surface area (Å²) < 4.78 is 5.03. The van der Waals surface area contributed by atoms with Crippen LogP contribution >= 0.6 is 0 Å². The molecule has 0 saturated carbocycles. The van der Waals surface area contributed by atoms with Gasteiger partial charge in [-0.15, -0.1) is 6.42 Å². The molecule has 0 saturated heterocycles. The summed E-state index contributed by atoms with van der Waals surface area (Å²) in [6, 6.07) is 0. The molecule has 0 fully saturated rings. The number of terminal acetylenes is 1. The lowest BCUT2D eigenvalue weighted by molar-refractivity contribution is -0.146. The van der Waals surface area contributed by atoms with Gasteiger partial charge in [0.25, 0.3) is 0 Å². The van der Waals surface area contributed by atoms with E-state index in [0.29, 0.717) is 13.1 Å². The molecule has 15 heavy (non-hydrogen) atoms. The number of nitrogens with one attached hydrogen (secondary N) is 1. The largest absolute Gasteiger partial charge is 0.461 e. The molecule has 1 unspecified atom stereocenters. The Balaban J connectivity index is 2.30. The number of carbonyl (C=O) groups excluding carboxylic acids is 1. The molecule has 0 bridgehead atoms. The highest BCUT2D eigenvalue weighted by atomic mass is 16.5. The van der Waals surface area contributed by atoms with Gasteiger partial charge in [0.05, 0.1) is 18.8 Å². The average molecular weight is 206 g/mol. The SMILES string of the molecule is C#CC(C)=CCOC(=O)C1CN=CNC1. The molecule has 4 nitrogen and oxygen atoms in total. The van der Waals surface area contributed by atoms with Gasteiger partial charge in [0.1, 0.15) is 6.61 Å². The molecule has 1 N–H and O–H groups in total. The van der Waals surface area contributed by atoms with E-state index in [1.165, 1.54) is 0 Å². The van der Waals surface area contributed by atoms with Gasteiger partial charge in [0, 0.05) is 6.54 Å². The Morgan fingerprint density at radius 3 is 3.27 bits per heavy atom. The van der Waals surface area contributed by atoms with Crippen LogP contribution in [-0.4, -0.2) is 32.0 Å². The van der Waals surface area contributed by atoms with Crippen molar-refractivity contribution in [1.29, 1.82) is 0 Å². The predicted molar refractivity (Wildman–Crippen MR) is 58.4 cm³/mol. The van der Waals surface area contributed by atoms with Crippen LogP contribution in [0.2, 0.25) is 0 Å². The number of esters is 1. The summed E-state index contributed by atoms with van der Waals surface area (Å²) in [6.07, 6.45) is 8.45. The zero-order valence-corrected chi connectivity index (χ0v) is 8.69. The normalized spacial score (nSPS) is 20.3. The Labute approximate surface area is 89.4 Å². The molecular formula is C11H14N2O2. The maximum Gasteiger partial charge on any atom is 0.312 e. The molecule has 4 heteroatoms. The number of hydrogen-bond donors (Lipinski definition) is 1. The van der Waals surface area contributed by atoms with Crippen LogP contribution in [0, 0.1) is 18.3 Å². The standard InChI is InChI=1S/C11H14N2O2/c1-3-9(2)4-5-15-11(14)10-6-12-8-13-7-10/h1,4,8,10H,5-7H2,2H3,(H,12,13). The number of allylic oxidation sites excluding steroid dienone is 1. The molecule has 0 radical (unpaired) electrons. The summed E-state index contributed by atoms with van der Waals surface area (Å²) in [6.45, 7) is 3.10. The summed E-state index contributed by atoms with van der Waals surface area (Å²) >= 11 is 0. The van der Waals surface area contributed by atoms with Crippen molar-refractivity contribution in [2.24, 2.45) is 10.9 Å². The molecule has 0 aromatic heterocycles. The van der Waals surface area contributed by atoms with Gasteiger partial charge < -0.3 is 10.1 Å². The quantitative estimate of drug-likeness (QED) is 0.535. The topological polar surface area (TPSA) is 50.7 Å². The fraction of sp³-hybridized carbons (Fsp3) is 0.455. The maximum atomic E-state index is 11.5. The summed E-state index contributed by atoms with van der Waals surface area (Å²) in [5, 5.41) is 2.89. The lowest BCUT2D eigenvalue weighted by atomic mass is 10.1. The van der Waals surface area contributed by atoms with Gasteiger partial charge in [0.2, 0.25) is 0 Å². The van der Waals surface area contributed by atoms with Crippen molar-refractivity contribution in [3.8, 4) is 12.3 Å². The Bertz CT molecular complexity index is 326. The highest BCUT2D eigenvalue weighted by Gasteiger charge is 2.20. The molecule has 1 aliphatic heterocycles. The number of aliphatic imine (C=N–C) groups is 1. The first-order valence-electron chi connectivity index (χ1n) is 4.75. The third-order valence-corrected chi connectivity index (χ3v) is 2.05. The van der Waals surface area contributed by atoms with E-state index in [9.17, 15) is 4.79 Å². The minimum Gasteiger partial charge on any atom is -0.461 e. The molecule has 0 aromatic rings. The van der Waals surface area contributed by atoms with E-state index >= 15 is 0 Å². The van der Waals surface area contributed by atoms with Crippen molar-refractivity contribution in [3.63, 3.8) is 0 Å². The van der Waals surface area contributed by atoms with Gasteiger partial charge in [-0.25, -0.2) is 0 Å². The van der Waals surface area contributed by atoms with Crippen LogP contribution in [0.5, 0.6) is 0 Å². The number of nitrogens with zero attached hydrogens (tertiary/aromatic N) is 1. The van der Waals surface area contributed by atoms with Gasteiger partial charge >= 0.3 is 5.97 Å². The van der Waals surface area contributed by atoms with E-state index in [2.05, 4.69) is 16.2 Å². The second-order valence-corrected chi connectivity index (χ2v) is 3.26. The zero-order chi connectivity index (χ0) is 11.1. The minimum absolute atomic E-state index is 0.186. The molecule has 0 amide bonds. The van der Waals surface area contributed by atoms with Gasteiger partial charge in [-0.2, -0.15) is 0 Å². The van der Waals surface area contributed by atoms with Crippen molar-refractivity contribution in [3.05, 3.63) is 11.6 Å². The number of rotatable bonds is 3. The maximum absolute atomic E-state index is 11.5. The summed E-state index contributed by atoms with van der Waals surface area (Å²) in [5.41, 5.74) is 0.766. The van der Waals surface area contributed by atoms with Crippen LogP contribution in [-0.2, 0) is 9.53 Å². The molecule has 0 aromatic carbocycles. The minimum atomic E-state index is -0.236. The molecule has 1 atom stereocenters. The number of carbonyl (C=O) groups is 1. The number of hydrogen-bond acceptors (Lipinski definition) is 4. The van der Waals surface area contributed by atoms with Crippen molar-refractivity contribution in [2.45, 2.75) is 6.92 Å². The van der Waals surface area contributed by atoms with E-state index in [4.69, 9.17) is 11.2 Å². The average Bonchev–Trinajstić information content (AvgIpc) is 2.29. The Kier molecular flexibility index (Phi) is 4.42. The summed E-state index contributed by atoms with van der Waals surface area (Å²) in [5.74, 6) is 2.03. The molecule has 0 aliphatic carbocycles. The van der Waals surface area contributed by atoms with Crippen LogP contribution in [0.15, 0.2) is 16.6 Å². The molecule has 1 heterocycles. The first kappa shape index (κ1) is 11.3. The van der Waals surface area contributed by atoms with Crippen LogP contribution in [0.1, 0.15) is 6.92 Å². The van der Waals surface area contributed by atoms with Crippen molar-refractivity contribution in [2.75, 3.05) is 19.7 Å². The zero-order valence-electron chi connectivity index (χ0n) is 8.69. The molecule has 1 aliphatic rings. The van der Waals surface area contributed by atoms with E-state index < -0.39 is 0 Å². The predicted octanol–water partition coefficient (Wildman–Crippen LogP) is 0.357. The van der Waals surface area contributed by atoms with E-state index in [0.717, 1.165) is 5.57 Å². The summed E-state index contributed by atoms with van der Waals surface area (Å²) in [7, 11) is 0. The molecule has 0 spiro atoms. The Morgan fingerprint density at radius 2 is 2.67 bits per heavy atom. The second kappa shape index (κ2) is 5.86. The van der Waals surface area contributed by atoms with Crippen molar-refractivity contribution < 1.29 is 9.53 Å². The van der Waals surface area contributed by atoms with E-state index in [1.807, 2.05) is 0 Å². The van der Waals surface area contributed by atoms with Crippen molar-refractivity contribution >= 4 is 12.3 Å². The monoisotopic (exact) mass is 206 g/mol. The third kappa shape index (κ3) is 3.86. The number of ether oxygens (including phenoxy) is 1. The molecular weight excluding hydrogens is 192 g/mol. The van der Waals surface area contributed by atoms with Gasteiger partial charge in [-0.1, -0.05) is 5.92 Å². The fourth-order valence-corrected chi connectivity index (χ4v) is 1.09. The third-order valence-electron chi connectivity index (χ3n) is 2.05. The van der Waals surface area contributed by atoms with Crippen molar-refractivity contribution in [1.82, 2.24) is 5.32 Å². The fourth-order valence-electron chi connectivity index (χ4n) is 1.09.